The molecule has 4 nitrogen and oxygen atoms in total. The molecular weight excluding hydrogens is 374 g/mol. The molecule has 0 atom stereocenters. The summed E-state index contributed by atoms with van der Waals surface area (Å²) < 4.78 is 0. The molecule has 0 unspecified atom stereocenters. The molecule has 0 fully saturated rings. The molecule has 4 heteroatoms. The minimum absolute atomic E-state index is 0.113. The third kappa shape index (κ3) is 6.83. The number of anilines is 1. The Balaban J connectivity index is 2.41. The summed E-state index contributed by atoms with van der Waals surface area (Å²) in [5, 5.41) is 12.1. The summed E-state index contributed by atoms with van der Waals surface area (Å²) in [6, 6.07) is 14.8. The number of Topliss-reactive ketones (excluding diaryl/α,β-unsaturated/α-hetero) is 1. The van der Waals surface area contributed by atoms with Gasteiger partial charge in [-0.15, -0.1) is 0 Å². The molecule has 154 valence electrons. The lowest BCUT2D eigenvalue weighted by Gasteiger charge is -2.14. The van der Waals surface area contributed by atoms with Crippen molar-refractivity contribution in [1.29, 1.82) is 0 Å². The van der Waals surface area contributed by atoms with E-state index in [1.807, 2.05) is 61.5 Å². The van der Waals surface area contributed by atoms with Crippen LogP contribution in [0, 0.1) is 0 Å². The number of para-hydroxylation sites is 1. The Kier molecular flexibility index (Phi) is 8.73. The summed E-state index contributed by atoms with van der Waals surface area (Å²) >= 11 is 0. The van der Waals surface area contributed by atoms with Gasteiger partial charge in [0.2, 0.25) is 0 Å². The van der Waals surface area contributed by atoms with Crippen LogP contribution in [0.25, 0.3) is 6.08 Å². The standard InChI is InChI=1S/C26H27NO3/c1-4-9-19(3)14-21(16-24(29)18-28)15-22-13-12-20(5-2)17-25(22)26(30)27-23-10-7-6-8-11-23/h4-14,17,28H,1-2,15-16,18H2,3H3,(H,27,30)/b19-9-,21-14+. The van der Waals surface area contributed by atoms with Crippen molar-refractivity contribution in [2.45, 2.75) is 19.8 Å². The fourth-order valence-electron chi connectivity index (χ4n) is 3.08. The van der Waals surface area contributed by atoms with E-state index in [0.717, 1.165) is 22.3 Å². The number of amides is 1. The predicted molar refractivity (Wildman–Crippen MR) is 123 cm³/mol. The fraction of sp³-hybridized carbons (Fsp3) is 0.154. The maximum atomic E-state index is 13.0. The summed E-state index contributed by atoms with van der Waals surface area (Å²) in [6.45, 7) is 8.87. The average molecular weight is 402 g/mol. The smallest absolute Gasteiger partial charge is 0.255 e. The molecule has 2 aromatic carbocycles. The number of ketones is 1. The van der Waals surface area contributed by atoms with Crippen molar-refractivity contribution in [3.63, 3.8) is 0 Å². The van der Waals surface area contributed by atoms with Crippen molar-refractivity contribution in [2.24, 2.45) is 0 Å². The molecular formula is C26H27NO3. The van der Waals surface area contributed by atoms with Crippen molar-refractivity contribution in [3.05, 3.63) is 108 Å². The van der Waals surface area contributed by atoms with Gasteiger partial charge in [-0.1, -0.05) is 78.9 Å². The minimum Gasteiger partial charge on any atom is -0.389 e. The second kappa shape index (κ2) is 11.5. The van der Waals surface area contributed by atoms with Crippen LogP contribution in [0.3, 0.4) is 0 Å². The number of benzene rings is 2. The molecule has 0 radical (unpaired) electrons. The van der Waals surface area contributed by atoms with E-state index in [1.54, 1.807) is 18.2 Å². The molecule has 2 N–H and O–H groups in total. The van der Waals surface area contributed by atoms with E-state index in [2.05, 4.69) is 18.5 Å². The highest BCUT2D eigenvalue weighted by atomic mass is 16.3. The van der Waals surface area contributed by atoms with E-state index in [0.29, 0.717) is 17.7 Å². The minimum atomic E-state index is -0.516. The predicted octanol–water partition coefficient (Wildman–Crippen LogP) is 5.13. The van der Waals surface area contributed by atoms with Gasteiger partial charge in [0.1, 0.15) is 6.61 Å². The van der Waals surface area contributed by atoms with E-state index in [9.17, 15) is 14.7 Å². The Morgan fingerprint density at radius 3 is 2.47 bits per heavy atom. The van der Waals surface area contributed by atoms with Crippen LogP contribution in [0.5, 0.6) is 0 Å². The van der Waals surface area contributed by atoms with Crippen molar-refractivity contribution >= 4 is 23.5 Å². The molecule has 0 aliphatic rings. The van der Waals surface area contributed by atoms with E-state index < -0.39 is 6.61 Å². The molecule has 0 aromatic heterocycles. The second-order valence-electron chi connectivity index (χ2n) is 6.94. The molecule has 2 rings (SSSR count). The molecule has 0 bridgehead atoms. The molecule has 0 saturated heterocycles. The van der Waals surface area contributed by atoms with Crippen LogP contribution in [0.1, 0.15) is 34.8 Å². The average Bonchev–Trinajstić information content (AvgIpc) is 2.74. The lowest BCUT2D eigenvalue weighted by atomic mass is 9.93. The Labute approximate surface area is 178 Å². The monoisotopic (exact) mass is 401 g/mol. The summed E-state index contributed by atoms with van der Waals surface area (Å²) in [5.41, 5.74) is 4.58. The van der Waals surface area contributed by atoms with Crippen LogP contribution < -0.4 is 5.32 Å². The van der Waals surface area contributed by atoms with Crippen LogP contribution >= 0.6 is 0 Å². The number of allylic oxidation sites excluding steroid dienone is 5. The lowest BCUT2D eigenvalue weighted by Crippen LogP contribution is -2.15. The van der Waals surface area contributed by atoms with Gasteiger partial charge in [0.25, 0.3) is 5.91 Å². The summed E-state index contributed by atoms with van der Waals surface area (Å²) in [5.74, 6) is -0.503. The molecule has 0 aliphatic carbocycles. The van der Waals surface area contributed by atoms with E-state index in [1.165, 1.54) is 0 Å². The van der Waals surface area contributed by atoms with E-state index in [4.69, 9.17) is 0 Å². The first-order valence-corrected chi connectivity index (χ1v) is 9.70. The number of aliphatic hydroxyl groups is 1. The maximum Gasteiger partial charge on any atom is 0.255 e. The van der Waals surface area contributed by atoms with Crippen LogP contribution in [-0.2, 0) is 11.2 Å². The number of hydrogen-bond acceptors (Lipinski definition) is 3. The number of carbonyl (C=O) groups excluding carboxylic acids is 2. The number of rotatable bonds is 10. The molecule has 2 aromatic rings. The first-order valence-electron chi connectivity index (χ1n) is 9.70. The molecule has 0 spiro atoms. The zero-order chi connectivity index (χ0) is 21.9. The zero-order valence-electron chi connectivity index (χ0n) is 17.2. The van der Waals surface area contributed by atoms with Gasteiger partial charge in [0.05, 0.1) is 0 Å². The Bertz CT molecular complexity index is 985. The van der Waals surface area contributed by atoms with E-state index >= 15 is 0 Å². The highest BCUT2D eigenvalue weighted by Gasteiger charge is 2.15. The third-order valence-electron chi connectivity index (χ3n) is 4.48. The van der Waals surface area contributed by atoms with Gasteiger partial charge in [0.15, 0.2) is 5.78 Å². The van der Waals surface area contributed by atoms with Gasteiger partial charge < -0.3 is 10.4 Å². The summed E-state index contributed by atoms with van der Waals surface area (Å²) in [4.78, 5) is 24.9. The highest BCUT2D eigenvalue weighted by molar-refractivity contribution is 6.05. The van der Waals surface area contributed by atoms with Gasteiger partial charge in [-0.2, -0.15) is 0 Å². The van der Waals surface area contributed by atoms with Gasteiger partial charge in [-0.3, -0.25) is 9.59 Å². The van der Waals surface area contributed by atoms with Gasteiger partial charge in [0, 0.05) is 17.7 Å². The number of hydrogen-bond donors (Lipinski definition) is 2. The Hall–Kier alpha value is -3.50. The zero-order valence-corrected chi connectivity index (χ0v) is 17.2. The normalized spacial score (nSPS) is 11.7. The fourth-order valence-corrected chi connectivity index (χ4v) is 3.08. The molecule has 30 heavy (non-hydrogen) atoms. The van der Waals surface area contributed by atoms with Crippen LogP contribution in [0.15, 0.2) is 91.1 Å². The van der Waals surface area contributed by atoms with Gasteiger partial charge in [-0.25, -0.2) is 0 Å². The SMILES string of the molecule is C=C/C=C(C)\C=C(\CC(=O)CO)Cc1ccc(C=C)cc1C(=O)Nc1ccccc1. The van der Waals surface area contributed by atoms with Crippen molar-refractivity contribution in [3.8, 4) is 0 Å². The molecule has 0 aliphatic heterocycles. The van der Waals surface area contributed by atoms with Crippen molar-refractivity contribution < 1.29 is 14.7 Å². The molecule has 1 amide bonds. The summed E-state index contributed by atoms with van der Waals surface area (Å²) in [6.07, 6.45) is 7.62. The van der Waals surface area contributed by atoms with Gasteiger partial charge in [-0.05, 0) is 42.7 Å². The van der Waals surface area contributed by atoms with Crippen molar-refractivity contribution in [2.75, 3.05) is 11.9 Å². The Morgan fingerprint density at radius 1 is 1.10 bits per heavy atom. The number of carbonyl (C=O) groups is 2. The Morgan fingerprint density at radius 2 is 1.83 bits per heavy atom. The number of nitrogens with one attached hydrogen (secondary N) is 1. The number of aliphatic hydroxyl groups excluding tert-OH is 1. The van der Waals surface area contributed by atoms with Crippen molar-refractivity contribution in [1.82, 2.24) is 0 Å². The highest BCUT2D eigenvalue weighted by Crippen LogP contribution is 2.21. The van der Waals surface area contributed by atoms with Crippen LogP contribution in [0.2, 0.25) is 0 Å². The third-order valence-corrected chi connectivity index (χ3v) is 4.48. The summed E-state index contributed by atoms with van der Waals surface area (Å²) in [7, 11) is 0. The molecule has 0 saturated carbocycles. The maximum absolute atomic E-state index is 13.0. The largest absolute Gasteiger partial charge is 0.389 e. The van der Waals surface area contributed by atoms with Crippen LogP contribution in [0.4, 0.5) is 5.69 Å². The van der Waals surface area contributed by atoms with Crippen LogP contribution in [-0.4, -0.2) is 23.4 Å². The van der Waals surface area contributed by atoms with Gasteiger partial charge >= 0.3 is 0 Å². The topological polar surface area (TPSA) is 66.4 Å². The van der Waals surface area contributed by atoms with E-state index in [-0.39, 0.29) is 18.1 Å². The molecule has 0 heterocycles. The quantitative estimate of drug-likeness (QED) is 0.542. The first kappa shape index (κ1) is 22.8. The second-order valence-corrected chi connectivity index (χ2v) is 6.94. The first-order chi connectivity index (χ1) is 14.5. The lowest BCUT2D eigenvalue weighted by molar-refractivity contribution is -0.121.